The zero-order valence-electron chi connectivity index (χ0n) is 14.8. The summed E-state index contributed by atoms with van der Waals surface area (Å²) in [4.78, 5) is 19.8. The van der Waals surface area contributed by atoms with Crippen LogP contribution < -0.4 is 10.6 Å². The third-order valence-electron chi connectivity index (χ3n) is 5.12. The van der Waals surface area contributed by atoms with Gasteiger partial charge >= 0.3 is 0 Å². The fourth-order valence-electron chi connectivity index (χ4n) is 3.78. The molecule has 1 aliphatic rings. The van der Waals surface area contributed by atoms with Gasteiger partial charge in [-0.3, -0.25) is 4.98 Å². The van der Waals surface area contributed by atoms with Gasteiger partial charge in [-0.1, -0.05) is 30.3 Å². The summed E-state index contributed by atoms with van der Waals surface area (Å²) in [5.41, 5.74) is 10.6. The number of imidazole rings is 1. The molecule has 1 aliphatic heterocycles. The number of aromatic nitrogens is 4. The molecule has 0 saturated carbocycles. The van der Waals surface area contributed by atoms with E-state index in [1.807, 2.05) is 36.4 Å². The Bertz CT molecular complexity index is 1090. The largest absolute Gasteiger partial charge is 0.399 e. The monoisotopic (exact) mass is 356 g/mol. The normalized spacial score (nSPS) is 16.9. The van der Waals surface area contributed by atoms with Crippen LogP contribution in [0.1, 0.15) is 18.2 Å². The average molecular weight is 356 g/mol. The highest BCUT2D eigenvalue weighted by Crippen LogP contribution is 2.34. The lowest BCUT2D eigenvalue weighted by Gasteiger charge is -2.19. The highest BCUT2D eigenvalue weighted by Gasteiger charge is 2.29. The van der Waals surface area contributed by atoms with Crippen molar-refractivity contribution < 1.29 is 0 Å². The number of H-pyrrole nitrogens is 1. The van der Waals surface area contributed by atoms with Crippen molar-refractivity contribution in [2.45, 2.75) is 12.3 Å². The first-order valence-electron chi connectivity index (χ1n) is 9.14. The Hall–Kier alpha value is -3.41. The highest BCUT2D eigenvalue weighted by molar-refractivity contribution is 5.79. The molecule has 0 aliphatic carbocycles. The number of benzene rings is 2. The van der Waals surface area contributed by atoms with Crippen LogP contribution in [0.4, 0.5) is 11.5 Å². The van der Waals surface area contributed by atoms with Gasteiger partial charge in [0.05, 0.1) is 11.0 Å². The first-order chi connectivity index (χ1) is 13.3. The molecule has 1 saturated heterocycles. The van der Waals surface area contributed by atoms with Crippen LogP contribution in [-0.2, 0) is 0 Å². The standard InChI is InChI=1S/C21H20N6/c22-16-6-7-17-18(12-16)26-20(25-17)15-8-11-27(13-15)21-19(23-9-10-24-21)14-4-2-1-3-5-14/h1-7,9-10,12,15H,8,11,13,22H2,(H,25,26). The van der Waals surface area contributed by atoms with Crippen LogP contribution in [0.15, 0.2) is 60.9 Å². The predicted molar refractivity (Wildman–Crippen MR) is 108 cm³/mol. The topological polar surface area (TPSA) is 83.7 Å². The summed E-state index contributed by atoms with van der Waals surface area (Å²) in [6, 6.07) is 16.0. The number of aromatic amines is 1. The number of anilines is 2. The van der Waals surface area contributed by atoms with E-state index in [9.17, 15) is 0 Å². The fourth-order valence-corrected chi connectivity index (χ4v) is 3.78. The van der Waals surface area contributed by atoms with Crippen molar-refractivity contribution in [2.24, 2.45) is 0 Å². The molecule has 0 spiro atoms. The van der Waals surface area contributed by atoms with Crippen LogP contribution in [0.25, 0.3) is 22.3 Å². The van der Waals surface area contributed by atoms with E-state index in [1.165, 1.54) is 0 Å². The van der Waals surface area contributed by atoms with Crippen molar-refractivity contribution in [1.82, 2.24) is 19.9 Å². The molecule has 0 radical (unpaired) electrons. The fraction of sp³-hybridized carbons (Fsp3) is 0.190. The van der Waals surface area contributed by atoms with Gasteiger partial charge in [-0.15, -0.1) is 0 Å². The SMILES string of the molecule is Nc1ccc2nc(C3CCN(c4nccnc4-c4ccccc4)C3)[nH]c2c1. The number of nitrogens with two attached hydrogens (primary N) is 1. The summed E-state index contributed by atoms with van der Waals surface area (Å²) in [7, 11) is 0. The maximum Gasteiger partial charge on any atom is 0.155 e. The molecule has 3 N–H and O–H groups in total. The van der Waals surface area contributed by atoms with E-state index in [4.69, 9.17) is 10.7 Å². The number of hydrogen-bond acceptors (Lipinski definition) is 5. The molecular formula is C21H20N6. The van der Waals surface area contributed by atoms with Crippen LogP contribution in [0.2, 0.25) is 0 Å². The summed E-state index contributed by atoms with van der Waals surface area (Å²) in [5, 5.41) is 0. The number of nitrogen functional groups attached to an aromatic ring is 1. The minimum Gasteiger partial charge on any atom is -0.399 e. The van der Waals surface area contributed by atoms with Gasteiger partial charge in [0.1, 0.15) is 11.5 Å². The number of fused-ring (bicyclic) bond motifs is 1. The summed E-state index contributed by atoms with van der Waals surface area (Å²) in [6.07, 6.45) is 4.54. The van der Waals surface area contributed by atoms with Gasteiger partial charge in [0, 0.05) is 42.7 Å². The van der Waals surface area contributed by atoms with E-state index in [0.29, 0.717) is 5.92 Å². The Morgan fingerprint density at radius 2 is 1.89 bits per heavy atom. The molecule has 1 fully saturated rings. The molecule has 3 heterocycles. The smallest absolute Gasteiger partial charge is 0.155 e. The molecule has 5 rings (SSSR count). The first kappa shape index (κ1) is 15.8. The Morgan fingerprint density at radius 1 is 1.04 bits per heavy atom. The molecule has 0 amide bonds. The summed E-state index contributed by atoms with van der Waals surface area (Å²) < 4.78 is 0. The third-order valence-corrected chi connectivity index (χ3v) is 5.12. The van der Waals surface area contributed by atoms with Gasteiger partial charge in [0.15, 0.2) is 5.82 Å². The van der Waals surface area contributed by atoms with Crippen molar-refractivity contribution in [1.29, 1.82) is 0 Å². The number of nitrogens with zero attached hydrogens (tertiary/aromatic N) is 4. The van der Waals surface area contributed by atoms with E-state index in [-0.39, 0.29) is 0 Å². The second-order valence-electron chi connectivity index (χ2n) is 6.92. The zero-order chi connectivity index (χ0) is 18.2. The zero-order valence-corrected chi connectivity index (χ0v) is 14.8. The Labute approximate surface area is 157 Å². The highest BCUT2D eigenvalue weighted by atomic mass is 15.2. The van der Waals surface area contributed by atoms with E-state index in [0.717, 1.165) is 59.1 Å². The van der Waals surface area contributed by atoms with E-state index in [2.05, 4.69) is 32.0 Å². The van der Waals surface area contributed by atoms with Crippen molar-refractivity contribution in [3.05, 3.63) is 66.7 Å². The molecule has 0 bridgehead atoms. The molecule has 1 atom stereocenters. The van der Waals surface area contributed by atoms with E-state index >= 15 is 0 Å². The maximum atomic E-state index is 5.89. The van der Waals surface area contributed by atoms with Crippen LogP contribution in [-0.4, -0.2) is 33.0 Å². The minimum absolute atomic E-state index is 0.337. The molecule has 27 heavy (non-hydrogen) atoms. The summed E-state index contributed by atoms with van der Waals surface area (Å²) >= 11 is 0. The molecule has 6 nitrogen and oxygen atoms in total. The lowest BCUT2D eigenvalue weighted by molar-refractivity contribution is 0.725. The molecule has 2 aromatic heterocycles. The molecule has 134 valence electrons. The van der Waals surface area contributed by atoms with Gasteiger partial charge in [0.2, 0.25) is 0 Å². The molecular weight excluding hydrogens is 336 g/mol. The van der Waals surface area contributed by atoms with Crippen molar-refractivity contribution in [3.8, 4) is 11.3 Å². The molecule has 1 unspecified atom stereocenters. The molecule has 6 heteroatoms. The van der Waals surface area contributed by atoms with E-state index in [1.54, 1.807) is 12.4 Å². The van der Waals surface area contributed by atoms with Crippen molar-refractivity contribution >= 4 is 22.5 Å². The molecule has 4 aromatic rings. The Balaban J connectivity index is 1.44. The van der Waals surface area contributed by atoms with E-state index < -0.39 is 0 Å². The van der Waals surface area contributed by atoms with Crippen molar-refractivity contribution in [2.75, 3.05) is 23.7 Å². The number of rotatable bonds is 3. The summed E-state index contributed by atoms with van der Waals surface area (Å²) in [5.74, 6) is 2.29. The Kier molecular flexibility index (Phi) is 3.74. The van der Waals surface area contributed by atoms with Gasteiger partial charge in [0.25, 0.3) is 0 Å². The second kappa shape index (κ2) is 6.39. The third kappa shape index (κ3) is 2.89. The quantitative estimate of drug-likeness (QED) is 0.548. The van der Waals surface area contributed by atoms with Crippen LogP contribution in [0.5, 0.6) is 0 Å². The van der Waals surface area contributed by atoms with Gasteiger partial charge in [-0.2, -0.15) is 0 Å². The second-order valence-corrected chi connectivity index (χ2v) is 6.92. The number of nitrogens with one attached hydrogen (secondary N) is 1. The lowest BCUT2D eigenvalue weighted by Crippen LogP contribution is -2.21. The predicted octanol–water partition coefficient (Wildman–Crippen LogP) is 3.60. The van der Waals surface area contributed by atoms with Gasteiger partial charge in [-0.05, 0) is 24.6 Å². The van der Waals surface area contributed by atoms with Crippen LogP contribution in [0, 0.1) is 0 Å². The van der Waals surface area contributed by atoms with Crippen molar-refractivity contribution in [3.63, 3.8) is 0 Å². The number of hydrogen-bond donors (Lipinski definition) is 2. The first-order valence-corrected chi connectivity index (χ1v) is 9.14. The van der Waals surface area contributed by atoms with Gasteiger partial charge < -0.3 is 15.6 Å². The Morgan fingerprint density at radius 3 is 2.78 bits per heavy atom. The molecule has 2 aromatic carbocycles. The van der Waals surface area contributed by atoms with Crippen LogP contribution >= 0.6 is 0 Å². The lowest BCUT2D eigenvalue weighted by atomic mass is 10.1. The summed E-state index contributed by atoms with van der Waals surface area (Å²) in [6.45, 7) is 1.80. The average Bonchev–Trinajstić information content (AvgIpc) is 3.35. The maximum absolute atomic E-state index is 5.89. The van der Waals surface area contributed by atoms with Gasteiger partial charge in [-0.25, -0.2) is 9.97 Å². The minimum atomic E-state index is 0.337. The van der Waals surface area contributed by atoms with Crippen LogP contribution in [0.3, 0.4) is 0 Å².